The van der Waals surface area contributed by atoms with Crippen molar-refractivity contribution in [1.29, 1.82) is 0 Å². The van der Waals surface area contributed by atoms with Crippen molar-refractivity contribution in [3.8, 4) is 0 Å². The second kappa shape index (κ2) is 5.72. The average molecular weight is 349 g/mol. The van der Waals surface area contributed by atoms with Crippen LogP contribution in [0.5, 0.6) is 0 Å². The number of amides is 1. The second-order valence-corrected chi connectivity index (χ2v) is 6.85. The quantitative estimate of drug-likeness (QED) is 0.558. The number of oxazole rings is 1. The minimum Gasteiger partial charge on any atom is -0.440 e. The number of fused-ring (bicyclic) bond motifs is 2. The minimum atomic E-state index is 0.0163. The topological polar surface area (TPSA) is 68.6 Å². The summed E-state index contributed by atoms with van der Waals surface area (Å²) < 4.78 is 9.58. The van der Waals surface area contributed by atoms with Crippen molar-refractivity contribution in [3.63, 3.8) is 0 Å². The van der Waals surface area contributed by atoms with E-state index in [1.807, 2.05) is 53.2 Å². The van der Waals surface area contributed by atoms with Crippen LogP contribution in [-0.4, -0.2) is 43.1 Å². The predicted octanol–water partition coefficient (Wildman–Crippen LogP) is 2.83. The predicted molar refractivity (Wildman–Crippen MR) is 96.1 cm³/mol. The lowest BCUT2D eigenvalue weighted by molar-refractivity contribution is 0.0700. The number of hydrogen-bond acceptors (Lipinski definition) is 4. The molecule has 0 bridgehead atoms. The molecule has 1 aromatic carbocycles. The molecule has 0 spiro atoms. The number of piperidine rings is 1. The molecule has 0 radical (unpaired) electrons. The summed E-state index contributed by atoms with van der Waals surface area (Å²) in [5.74, 6) is 0.866. The van der Waals surface area contributed by atoms with Crippen LogP contribution in [0.15, 0.2) is 47.3 Å². The molecule has 5 rings (SSSR count). The molecule has 0 N–H and O–H groups in total. The van der Waals surface area contributed by atoms with Gasteiger partial charge in [0.1, 0.15) is 16.7 Å². The summed E-state index contributed by atoms with van der Waals surface area (Å²) in [5.41, 5.74) is 3.12. The van der Waals surface area contributed by atoms with Gasteiger partial charge >= 0.3 is 0 Å². The number of carbonyl (C=O) groups excluding carboxylic acids is 1. The lowest BCUT2D eigenvalue weighted by Crippen LogP contribution is -2.39. The van der Waals surface area contributed by atoms with Crippen LogP contribution in [0.25, 0.3) is 16.7 Å². The number of likely N-dealkylation sites (tertiary alicyclic amines) is 1. The van der Waals surface area contributed by atoms with Crippen LogP contribution in [0.2, 0.25) is 0 Å². The molecule has 7 nitrogen and oxygen atoms in total. The van der Waals surface area contributed by atoms with Gasteiger partial charge in [-0.1, -0.05) is 12.1 Å². The first kappa shape index (κ1) is 15.2. The van der Waals surface area contributed by atoms with Crippen molar-refractivity contribution < 1.29 is 9.21 Å². The van der Waals surface area contributed by atoms with Gasteiger partial charge in [0.25, 0.3) is 5.91 Å². The van der Waals surface area contributed by atoms with Gasteiger partial charge in [-0.25, -0.2) is 9.50 Å². The second-order valence-electron chi connectivity index (χ2n) is 6.85. The third-order valence-corrected chi connectivity index (χ3v) is 5.13. The van der Waals surface area contributed by atoms with Crippen molar-refractivity contribution in [2.45, 2.75) is 18.8 Å². The fourth-order valence-corrected chi connectivity index (χ4v) is 3.80. The van der Waals surface area contributed by atoms with Crippen LogP contribution in [0, 0.1) is 0 Å². The van der Waals surface area contributed by atoms with E-state index in [9.17, 15) is 4.79 Å². The van der Waals surface area contributed by atoms with E-state index in [1.165, 1.54) is 0 Å². The van der Waals surface area contributed by atoms with E-state index in [1.54, 1.807) is 10.7 Å². The standard InChI is InChI=1S/C19H19N5O2/c1-22-9-10-24-18(22)14(11-20-24)19(25)23-8-4-5-13(12-23)17-21-15-6-2-3-7-16(15)26-17/h2-3,6-7,9-11,13H,4-5,8,12H2,1H3. The average Bonchev–Trinajstić information content (AvgIpc) is 3.37. The molecule has 1 atom stereocenters. The van der Waals surface area contributed by atoms with E-state index < -0.39 is 0 Å². The highest BCUT2D eigenvalue weighted by atomic mass is 16.3. The van der Waals surface area contributed by atoms with Gasteiger partial charge in [-0.3, -0.25) is 4.79 Å². The van der Waals surface area contributed by atoms with Crippen molar-refractivity contribution in [3.05, 3.63) is 54.3 Å². The fourth-order valence-electron chi connectivity index (χ4n) is 3.80. The zero-order chi connectivity index (χ0) is 17.7. The van der Waals surface area contributed by atoms with Gasteiger partial charge < -0.3 is 13.9 Å². The van der Waals surface area contributed by atoms with Crippen molar-refractivity contribution >= 4 is 22.7 Å². The number of aryl methyl sites for hydroxylation is 1. The maximum atomic E-state index is 13.1. The summed E-state index contributed by atoms with van der Waals surface area (Å²) in [6.45, 7) is 1.37. The highest BCUT2D eigenvalue weighted by Gasteiger charge is 2.30. The maximum absolute atomic E-state index is 13.1. The Balaban J connectivity index is 1.43. The first-order chi connectivity index (χ1) is 12.7. The third-order valence-electron chi connectivity index (χ3n) is 5.13. The van der Waals surface area contributed by atoms with E-state index in [0.29, 0.717) is 12.1 Å². The molecule has 1 saturated heterocycles. The molecule has 4 aromatic rings. The van der Waals surface area contributed by atoms with Crippen molar-refractivity contribution in [1.82, 2.24) is 24.1 Å². The molecule has 132 valence electrons. The van der Waals surface area contributed by atoms with E-state index >= 15 is 0 Å². The molecular weight excluding hydrogens is 330 g/mol. The van der Waals surface area contributed by atoms with Crippen molar-refractivity contribution in [2.75, 3.05) is 13.1 Å². The fraction of sp³-hybridized carbons (Fsp3) is 0.316. The Kier molecular flexibility index (Phi) is 3.34. The molecule has 0 saturated carbocycles. The smallest absolute Gasteiger partial charge is 0.259 e. The number of aromatic nitrogens is 4. The maximum Gasteiger partial charge on any atom is 0.259 e. The summed E-state index contributed by atoms with van der Waals surface area (Å²) in [7, 11) is 1.92. The van der Waals surface area contributed by atoms with E-state index in [2.05, 4.69) is 10.1 Å². The molecule has 1 aliphatic rings. The molecule has 1 amide bonds. The number of nitrogens with zero attached hydrogens (tertiary/aromatic N) is 5. The highest BCUT2D eigenvalue weighted by Crippen LogP contribution is 2.30. The summed E-state index contributed by atoms with van der Waals surface area (Å²) in [6.07, 6.45) is 7.32. The molecule has 3 aromatic heterocycles. The van der Waals surface area contributed by atoms with Gasteiger partial charge in [-0.15, -0.1) is 0 Å². The van der Waals surface area contributed by atoms with E-state index in [-0.39, 0.29) is 11.8 Å². The third kappa shape index (κ3) is 2.31. The number of hydrogen-bond donors (Lipinski definition) is 0. The van der Waals surface area contributed by atoms with Crippen LogP contribution < -0.4 is 0 Å². The Morgan fingerprint density at radius 3 is 3.04 bits per heavy atom. The highest BCUT2D eigenvalue weighted by molar-refractivity contribution is 5.99. The Hall–Kier alpha value is -3.09. The van der Waals surface area contributed by atoms with Gasteiger partial charge in [0, 0.05) is 32.5 Å². The van der Waals surface area contributed by atoms with Gasteiger partial charge in [0.2, 0.25) is 0 Å². The van der Waals surface area contributed by atoms with Crippen LogP contribution in [0.1, 0.15) is 35.0 Å². The summed E-state index contributed by atoms with van der Waals surface area (Å²) in [6, 6.07) is 7.78. The molecule has 4 heterocycles. The number of imidazole rings is 1. The van der Waals surface area contributed by atoms with Gasteiger partial charge in [-0.05, 0) is 25.0 Å². The zero-order valence-electron chi connectivity index (χ0n) is 14.5. The number of para-hydroxylation sites is 2. The molecule has 26 heavy (non-hydrogen) atoms. The Labute approximate surface area is 149 Å². The normalized spacial score (nSPS) is 18.0. The minimum absolute atomic E-state index is 0.0163. The molecule has 1 unspecified atom stereocenters. The van der Waals surface area contributed by atoms with Crippen LogP contribution in [0.4, 0.5) is 0 Å². The van der Waals surface area contributed by atoms with E-state index in [4.69, 9.17) is 4.42 Å². The molecule has 1 aliphatic heterocycles. The van der Waals surface area contributed by atoms with E-state index in [0.717, 1.165) is 42.0 Å². The first-order valence-corrected chi connectivity index (χ1v) is 8.84. The van der Waals surface area contributed by atoms with Crippen molar-refractivity contribution in [2.24, 2.45) is 7.05 Å². The Morgan fingerprint density at radius 1 is 1.27 bits per heavy atom. The van der Waals surface area contributed by atoms with Crippen LogP contribution >= 0.6 is 0 Å². The summed E-state index contributed by atoms with van der Waals surface area (Å²) in [5, 5.41) is 4.28. The van der Waals surface area contributed by atoms with Crippen LogP contribution in [0.3, 0.4) is 0 Å². The SMILES string of the molecule is Cn1ccn2ncc(C(=O)N3CCCC(c4nc5ccccc5o4)C3)c12. The van der Waals surface area contributed by atoms with Gasteiger partial charge in [-0.2, -0.15) is 5.10 Å². The molecule has 0 aliphatic carbocycles. The molecular formula is C19H19N5O2. The van der Waals surface area contributed by atoms with Crippen LogP contribution in [-0.2, 0) is 7.05 Å². The molecule has 1 fully saturated rings. The first-order valence-electron chi connectivity index (χ1n) is 8.84. The van der Waals surface area contributed by atoms with Gasteiger partial charge in [0.05, 0.1) is 12.1 Å². The lowest BCUT2D eigenvalue weighted by Gasteiger charge is -2.31. The Morgan fingerprint density at radius 2 is 2.15 bits per heavy atom. The number of benzene rings is 1. The monoisotopic (exact) mass is 349 g/mol. The largest absolute Gasteiger partial charge is 0.440 e. The summed E-state index contributed by atoms with van der Waals surface area (Å²) in [4.78, 5) is 19.6. The van der Waals surface area contributed by atoms with Gasteiger partial charge in [0.15, 0.2) is 11.5 Å². The zero-order valence-corrected chi connectivity index (χ0v) is 14.5. The molecule has 7 heteroatoms. The lowest BCUT2D eigenvalue weighted by atomic mass is 9.97. The Bertz CT molecular complexity index is 1070. The number of rotatable bonds is 2. The number of carbonyl (C=O) groups is 1. The summed E-state index contributed by atoms with van der Waals surface area (Å²) >= 11 is 0.